The zero-order valence-electron chi connectivity index (χ0n) is 9.87. The molecule has 2 atom stereocenters. The van der Waals surface area contributed by atoms with Gasteiger partial charge in [-0.15, -0.1) is 0 Å². The Kier molecular flexibility index (Phi) is 5.66. The van der Waals surface area contributed by atoms with Crippen LogP contribution in [0.15, 0.2) is 30.3 Å². The Morgan fingerprint density at radius 2 is 2.00 bits per heavy atom. The van der Waals surface area contributed by atoms with Gasteiger partial charge in [0.15, 0.2) is 6.10 Å². The maximum Gasteiger partial charge on any atom is 0.333 e. The zero-order valence-corrected chi connectivity index (χ0v) is 9.87. The number of ether oxygens (including phenoxy) is 1. The Balaban J connectivity index is 2.67. The molecule has 0 radical (unpaired) electrons. The van der Waals surface area contributed by atoms with Gasteiger partial charge in [0, 0.05) is 19.1 Å². The number of carbonyl (C=O) groups is 1. The van der Waals surface area contributed by atoms with E-state index in [0.717, 1.165) is 5.56 Å². The zero-order chi connectivity index (χ0) is 12.7. The van der Waals surface area contributed by atoms with Crippen molar-refractivity contribution in [3.8, 4) is 0 Å². The molecular formula is C13H18O4. The topological polar surface area (TPSA) is 66.8 Å². The quantitative estimate of drug-likeness (QED) is 0.709. The second-order valence-electron chi connectivity index (χ2n) is 3.91. The van der Waals surface area contributed by atoms with E-state index in [0.29, 0.717) is 6.42 Å². The van der Waals surface area contributed by atoms with Crippen molar-refractivity contribution in [3.63, 3.8) is 0 Å². The van der Waals surface area contributed by atoms with Crippen LogP contribution in [0.2, 0.25) is 0 Å². The lowest BCUT2D eigenvalue weighted by atomic mass is 9.95. The van der Waals surface area contributed by atoms with Crippen LogP contribution in [0.5, 0.6) is 0 Å². The van der Waals surface area contributed by atoms with Crippen molar-refractivity contribution in [1.82, 2.24) is 0 Å². The third-order valence-corrected chi connectivity index (χ3v) is 2.62. The fraction of sp³-hybridized carbons (Fsp3) is 0.462. The molecule has 0 aliphatic carbocycles. The summed E-state index contributed by atoms with van der Waals surface area (Å²) in [7, 11) is 0. The average Bonchev–Trinajstić information content (AvgIpc) is 2.34. The Morgan fingerprint density at radius 1 is 1.35 bits per heavy atom. The smallest absolute Gasteiger partial charge is 0.333 e. The molecule has 1 rings (SSSR count). The average molecular weight is 238 g/mol. The van der Waals surface area contributed by atoms with Gasteiger partial charge < -0.3 is 14.9 Å². The molecule has 0 aliphatic rings. The van der Waals surface area contributed by atoms with E-state index in [9.17, 15) is 4.79 Å². The van der Waals surface area contributed by atoms with Crippen LogP contribution in [0.3, 0.4) is 0 Å². The summed E-state index contributed by atoms with van der Waals surface area (Å²) in [4.78, 5) is 11.1. The van der Waals surface area contributed by atoms with Crippen LogP contribution in [0.25, 0.3) is 0 Å². The summed E-state index contributed by atoms with van der Waals surface area (Å²) in [6, 6.07) is 9.40. The van der Waals surface area contributed by atoms with Crippen LogP contribution in [-0.2, 0) is 9.53 Å². The van der Waals surface area contributed by atoms with Crippen LogP contribution < -0.4 is 0 Å². The third-order valence-electron chi connectivity index (χ3n) is 2.62. The second kappa shape index (κ2) is 7.04. The minimum atomic E-state index is -0.973. The lowest BCUT2D eigenvalue weighted by molar-refractivity contribution is -0.152. The maximum absolute atomic E-state index is 11.1. The minimum Gasteiger partial charge on any atom is -0.479 e. The molecule has 0 aromatic heterocycles. The molecule has 0 saturated carbocycles. The normalized spacial score (nSPS) is 14.2. The van der Waals surface area contributed by atoms with Crippen molar-refractivity contribution >= 4 is 5.97 Å². The molecule has 2 N–H and O–H groups in total. The summed E-state index contributed by atoms with van der Waals surface area (Å²) in [5.41, 5.74) is 0.934. The summed E-state index contributed by atoms with van der Waals surface area (Å²) in [6.07, 6.45) is -0.422. The molecule has 0 spiro atoms. The molecule has 0 fully saturated rings. The largest absolute Gasteiger partial charge is 0.479 e. The van der Waals surface area contributed by atoms with E-state index in [1.54, 1.807) is 0 Å². The molecule has 4 nitrogen and oxygen atoms in total. The maximum atomic E-state index is 11.1. The number of hydrogen-bond acceptors (Lipinski definition) is 3. The van der Waals surface area contributed by atoms with Gasteiger partial charge in [0.2, 0.25) is 0 Å². The fourth-order valence-electron chi connectivity index (χ4n) is 1.64. The Morgan fingerprint density at radius 3 is 2.53 bits per heavy atom. The molecule has 1 aromatic carbocycles. The van der Waals surface area contributed by atoms with Gasteiger partial charge in [-0.25, -0.2) is 4.79 Å². The lowest BCUT2D eigenvalue weighted by Crippen LogP contribution is -2.30. The molecular weight excluding hydrogens is 220 g/mol. The van der Waals surface area contributed by atoms with Gasteiger partial charge in [0.05, 0.1) is 0 Å². The summed E-state index contributed by atoms with van der Waals surface area (Å²) < 4.78 is 5.30. The van der Waals surface area contributed by atoms with Crippen molar-refractivity contribution in [2.75, 3.05) is 13.2 Å². The number of carboxylic acids is 1. The number of aliphatic hydroxyl groups is 1. The molecule has 0 aliphatic heterocycles. The number of aliphatic hydroxyl groups excluding tert-OH is 1. The first-order valence-corrected chi connectivity index (χ1v) is 5.67. The highest BCUT2D eigenvalue weighted by Gasteiger charge is 2.26. The molecule has 1 aromatic rings. The predicted octanol–water partition coefficient (Wildman–Crippen LogP) is 1.64. The summed E-state index contributed by atoms with van der Waals surface area (Å²) >= 11 is 0. The van der Waals surface area contributed by atoms with Crippen LogP contribution in [0.1, 0.15) is 24.8 Å². The Bertz CT molecular complexity index is 337. The first-order chi connectivity index (χ1) is 8.16. The van der Waals surface area contributed by atoms with E-state index >= 15 is 0 Å². The molecule has 0 amide bonds. The third kappa shape index (κ3) is 4.17. The SMILES string of the molecule is CC(c1ccccc1)C(OCCCO)C(=O)O. The van der Waals surface area contributed by atoms with E-state index in [-0.39, 0.29) is 19.1 Å². The van der Waals surface area contributed by atoms with E-state index in [1.165, 1.54) is 0 Å². The van der Waals surface area contributed by atoms with Gasteiger partial charge in [0.25, 0.3) is 0 Å². The van der Waals surface area contributed by atoms with E-state index < -0.39 is 12.1 Å². The van der Waals surface area contributed by atoms with Crippen LogP contribution in [-0.4, -0.2) is 35.5 Å². The van der Waals surface area contributed by atoms with E-state index in [1.807, 2.05) is 37.3 Å². The molecule has 2 unspecified atom stereocenters. The van der Waals surface area contributed by atoms with Gasteiger partial charge in [-0.3, -0.25) is 0 Å². The highest BCUT2D eigenvalue weighted by Crippen LogP contribution is 2.21. The van der Waals surface area contributed by atoms with Crippen LogP contribution >= 0.6 is 0 Å². The number of rotatable bonds is 7. The van der Waals surface area contributed by atoms with Crippen molar-refractivity contribution in [2.24, 2.45) is 0 Å². The monoisotopic (exact) mass is 238 g/mol. The van der Waals surface area contributed by atoms with E-state index in [2.05, 4.69) is 0 Å². The van der Waals surface area contributed by atoms with Gasteiger partial charge in [0.1, 0.15) is 0 Å². The predicted molar refractivity (Wildman–Crippen MR) is 63.9 cm³/mol. The molecule has 94 valence electrons. The van der Waals surface area contributed by atoms with Crippen molar-refractivity contribution in [1.29, 1.82) is 0 Å². The minimum absolute atomic E-state index is 0.00601. The van der Waals surface area contributed by atoms with Gasteiger partial charge in [-0.2, -0.15) is 0 Å². The Labute approximate surface area is 101 Å². The van der Waals surface area contributed by atoms with Crippen molar-refractivity contribution in [3.05, 3.63) is 35.9 Å². The summed E-state index contributed by atoms with van der Waals surface area (Å²) in [5, 5.41) is 17.8. The molecule has 4 heteroatoms. The number of hydrogen-bond donors (Lipinski definition) is 2. The molecule has 0 bridgehead atoms. The van der Waals surface area contributed by atoms with Gasteiger partial charge >= 0.3 is 5.97 Å². The number of carboxylic acid groups (broad SMARTS) is 1. The first kappa shape index (κ1) is 13.7. The summed E-state index contributed by atoms with van der Waals surface area (Å²) in [6.45, 7) is 2.09. The Hall–Kier alpha value is -1.39. The van der Waals surface area contributed by atoms with Crippen LogP contribution in [0.4, 0.5) is 0 Å². The van der Waals surface area contributed by atoms with Gasteiger partial charge in [-0.05, 0) is 12.0 Å². The fourth-order valence-corrected chi connectivity index (χ4v) is 1.64. The highest BCUT2D eigenvalue weighted by molar-refractivity contribution is 5.73. The summed E-state index contributed by atoms with van der Waals surface area (Å²) in [5.74, 6) is -1.19. The molecule has 17 heavy (non-hydrogen) atoms. The van der Waals surface area contributed by atoms with Crippen molar-refractivity contribution in [2.45, 2.75) is 25.4 Å². The molecule has 0 saturated heterocycles. The lowest BCUT2D eigenvalue weighted by Gasteiger charge is -2.20. The van der Waals surface area contributed by atoms with E-state index in [4.69, 9.17) is 14.9 Å². The highest BCUT2D eigenvalue weighted by atomic mass is 16.5. The standard InChI is InChI=1S/C13H18O4/c1-10(11-6-3-2-4-7-11)12(13(15)16)17-9-5-8-14/h2-4,6-7,10,12,14H,5,8-9H2,1H3,(H,15,16). The number of aliphatic carboxylic acids is 1. The number of benzene rings is 1. The molecule has 0 heterocycles. The second-order valence-corrected chi connectivity index (χ2v) is 3.91. The van der Waals surface area contributed by atoms with Crippen molar-refractivity contribution < 1.29 is 19.7 Å². The first-order valence-electron chi connectivity index (χ1n) is 5.67. The van der Waals surface area contributed by atoms with Gasteiger partial charge in [-0.1, -0.05) is 37.3 Å². The van der Waals surface area contributed by atoms with Crippen LogP contribution in [0, 0.1) is 0 Å².